The van der Waals surface area contributed by atoms with Crippen molar-refractivity contribution in [3.05, 3.63) is 35.1 Å². The Hall–Kier alpha value is -2.75. The number of aryl methyl sites for hydroxylation is 1. The Balaban J connectivity index is 1.46. The van der Waals surface area contributed by atoms with Crippen molar-refractivity contribution in [3.63, 3.8) is 0 Å². The first-order valence-electron chi connectivity index (χ1n) is 8.66. The van der Waals surface area contributed by atoms with Crippen molar-refractivity contribution in [2.75, 3.05) is 31.1 Å². The molecule has 1 aliphatic heterocycles. The third-order valence-electron chi connectivity index (χ3n) is 5.10. The van der Waals surface area contributed by atoms with Crippen LogP contribution in [0.1, 0.15) is 46.5 Å². The highest BCUT2D eigenvalue weighted by molar-refractivity contribution is 5.93. The summed E-state index contributed by atoms with van der Waals surface area (Å²) in [6, 6.07) is 5.96. The van der Waals surface area contributed by atoms with E-state index in [0.29, 0.717) is 55.3 Å². The zero-order valence-corrected chi connectivity index (χ0v) is 14.5. The zero-order valence-electron chi connectivity index (χ0n) is 14.5. The Morgan fingerprint density at radius 2 is 2.00 bits per heavy atom. The van der Waals surface area contributed by atoms with Crippen LogP contribution in [0, 0.1) is 18.3 Å². The molecule has 2 aromatic heterocycles. The van der Waals surface area contributed by atoms with Crippen LogP contribution in [0.3, 0.4) is 0 Å². The lowest BCUT2D eigenvalue weighted by Gasteiger charge is -2.34. The number of hydrogen-bond donors (Lipinski definition) is 0. The molecule has 1 saturated carbocycles. The highest BCUT2D eigenvalue weighted by Gasteiger charge is 2.33. The van der Waals surface area contributed by atoms with Crippen LogP contribution >= 0.6 is 0 Å². The summed E-state index contributed by atoms with van der Waals surface area (Å²) in [6.07, 6.45) is 2.17. The largest absolute Gasteiger partial charge is 0.423 e. The molecule has 3 heterocycles. The van der Waals surface area contributed by atoms with E-state index in [1.807, 2.05) is 40.5 Å². The van der Waals surface area contributed by atoms with Crippen molar-refractivity contribution in [1.29, 1.82) is 5.26 Å². The van der Waals surface area contributed by atoms with E-state index in [4.69, 9.17) is 4.42 Å². The predicted molar refractivity (Wildman–Crippen MR) is 91.5 cm³/mol. The Morgan fingerprint density at radius 1 is 1.28 bits per heavy atom. The van der Waals surface area contributed by atoms with Crippen molar-refractivity contribution in [1.82, 2.24) is 14.5 Å². The third kappa shape index (κ3) is 2.78. The van der Waals surface area contributed by atoms with Gasteiger partial charge < -0.3 is 18.8 Å². The average Bonchev–Trinajstić information content (AvgIpc) is 3.31. The molecule has 2 aromatic rings. The molecule has 0 aromatic carbocycles. The van der Waals surface area contributed by atoms with Crippen LogP contribution in [0.25, 0.3) is 0 Å². The minimum atomic E-state index is 0.0481. The fourth-order valence-corrected chi connectivity index (χ4v) is 3.22. The highest BCUT2D eigenvalue weighted by Crippen LogP contribution is 2.41. The van der Waals surface area contributed by atoms with Crippen LogP contribution in [0.5, 0.6) is 0 Å². The molecular formula is C18H21N5O2. The average molecular weight is 339 g/mol. The standard InChI is InChI=1S/C18H21N5O2/c1-12-3-6-15(21(12)2)17(24)22-7-9-23(10-8-22)18-14(11-19)20-16(25-18)13-4-5-13/h3,6,13H,4-5,7-10H2,1-2H3. The van der Waals surface area contributed by atoms with Crippen LogP contribution in [0.15, 0.2) is 16.5 Å². The van der Waals surface area contributed by atoms with E-state index >= 15 is 0 Å². The highest BCUT2D eigenvalue weighted by atomic mass is 16.4. The summed E-state index contributed by atoms with van der Waals surface area (Å²) in [6.45, 7) is 4.48. The molecule has 2 aliphatic rings. The van der Waals surface area contributed by atoms with Crippen molar-refractivity contribution in [2.45, 2.75) is 25.7 Å². The molecule has 2 fully saturated rings. The minimum absolute atomic E-state index is 0.0481. The summed E-state index contributed by atoms with van der Waals surface area (Å²) in [4.78, 5) is 20.9. The molecule has 0 spiro atoms. The first-order chi connectivity index (χ1) is 12.1. The van der Waals surface area contributed by atoms with Gasteiger partial charge in [0.15, 0.2) is 0 Å². The van der Waals surface area contributed by atoms with Crippen molar-refractivity contribution < 1.29 is 9.21 Å². The summed E-state index contributed by atoms with van der Waals surface area (Å²) in [7, 11) is 1.91. The van der Waals surface area contributed by atoms with Gasteiger partial charge in [0.25, 0.3) is 5.91 Å². The number of rotatable bonds is 3. The zero-order chi connectivity index (χ0) is 17.6. The van der Waals surface area contributed by atoms with Crippen molar-refractivity contribution in [3.8, 4) is 6.07 Å². The Bertz CT molecular complexity index is 847. The van der Waals surface area contributed by atoms with E-state index in [1.54, 1.807) is 0 Å². The number of carbonyl (C=O) groups is 1. The smallest absolute Gasteiger partial charge is 0.270 e. The third-order valence-corrected chi connectivity index (χ3v) is 5.10. The molecular weight excluding hydrogens is 318 g/mol. The first-order valence-corrected chi connectivity index (χ1v) is 8.66. The van der Waals surface area contributed by atoms with Crippen LogP contribution in [0.4, 0.5) is 5.88 Å². The molecule has 0 N–H and O–H groups in total. The predicted octanol–water partition coefficient (Wildman–Crippen LogP) is 2.03. The fourth-order valence-electron chi connectivity index (χ4n) is 3.22. The lowest BCUT2D eigenvalue weighted by atomic mass is 10.2. The topological polar surface area (TPSA) is 78.3 Å². The number of oxazole rings is 1. The molecule has 0 bridgehead atoms. The van der Waals surface area contributed by atoms with Gasteiger partial charge in [-0.25, -0.2) is 4.98 Å². The Labute approximate surface area is 146 Å². The summed E-state index contributed by atoms with van der Waals surface area (Å²) in [5.74, 6) is 1.67. The van der Waals surface area contributed by atoms with Gasteiger partial charge in [-0.1, -0.05) is 0 Å². The molecule has 1 amide bonds. The number of anilines is 1. The van der Waals surface area contributed by atoms with Gasteiger partial charge in [0.1, 0.15) is 11.8 Å². The number of hydrogen-bond acceptors (Lipinski definition) is 5. The van der Waals surface area contributed by atoms with Gasteiger partial charge in [0.2, 0.25) is 17.5 Å². The number of carbonyl (C=O) groups excluding carboxylic acids is 1. The van der Waals surface area contributed by atoms with Gasteiger partial charge in [0.05, 0.1) is 0 Å². The molecule has 0 atom stereocenters. The van der Waals surface area contributed by atoms with Crippen LogP contribution in [-0.4, -0.2) is 46.5 Å². The molecule has 1 aliphatic carbocycles. The van der Waals surface area contributed by atoms with Gasteiger partial charge in [-0.2, -0.15) is 5.26 Å². The molecule has 130 valence electrons. The summed E-state index contributed by atoms with van der Waals surface area (Å²) < 4.78 is 7.77. The Morgan fingerprint density at radius 3 is 2.56 bits per heavy atom. The van der Waals surface area contributed by atoms with Crippen molar-refractivity contribution in [2.24, 2.45) is 7.05 Å². The first kappa shape index (κ1) is 15.8. The van der Waals surface area contributed by atoms with E-state index in [1.165, 1.54) is 0 Å². The van der Waals surface area contributed by atoms with Crippen LogP contribution in [-0.2, 0) is 7.05 Å². The van der Waals surface area contributed by atoms with E-state index < -0.39 is 0 Å². The van der Waals surface area contributed by atoms with Crippen LogP contribution in [0.2, 0.25) is 0 Å². The lowest BCUT2D eigenvalue weighted by Crippen LogP contribution is -2.49. The molecule has 4 rings (SSSR count). The quantitative estimate of drug-likeness (QED) is 0.855. The lowest BCUT2D eigenvalue weighted by molar-refractivity contribution is 0.0735. The van der Waals surface area contributed by atoms with Gasteiger partial charge >= 0.3 is 0 Å². The normalized spacial score (nSPS) is 17.6. The molecule has 7 nitrogen and oxygen atoms in total. The summed E-state index contributed by atoms with van der Waals surface area (Å²) >= 11 is 0. The number of piperazine rings is 1. The number of nitrogens with zero attached hydrogens (tertiary/aromatic N) is 5. The van der Waals surface area contributed by atoms with E-state index in [9.17, 15) is 10.1 Å². The van der Waals surface area contributed by atoms with Gasteiger partial charge in [-0.15, -0.1) is 0 Å². The fraction of sp³-hybridized carbons (Fsp3) is 0.500. The maximum absolute atomic E-state index is 12.7. The minimum Gasteiger partial charge on any atom is -0.423 e. The SMILES string of the molecule is Cc1ccc(C(=O)N2CCN(c3oc(C4CC4)nc3C#N)CC2)n1C. The molecule has 0 radical (unpaired) electrons. The Kier molecular flexibility index (Phi) is 3.75. The maximum atomic E-state index is 12.7. The van der Waals surface area contributed by atoms with Crippen LogP contribution < -0.4 is 4.90 Å². The van der Waals surface area contributed by atoms with E-state index in [0.717, 1.165) is 18.5 Å². The number of aromatic nitrogens is 2. The second-order valence-corrected chi connectivity index (χ2v) is 6.79. The maximum Gasteiger partial charge on any atom is 0.270 e. The van der Waals surface area contributed by atoms with E-state index in [-0.39, 0.29) is 5.91 Å². The molecule has 0 unspecified atom stereocenters. The number of amides is 1. The molecule has 1 saturated heterocycles. The van der Waals surface area contributed by atoms with E-state index in [2.05, 4.69) is 11.1 Å². The van der Waals surface area contributed by atoms with Gasteiger partial charge in [-0.05, 0) is 31.9 Å². The van der Waals surface area contributed by atoms with Crippen molar-refractivity contribution >= 4 is 11.8 Å². The summed E-state index contributed by atoms with van der Waals surface area (Å²) in [5, 5.41) is 9.32. The van der Waals surface area contributed by atoms with Gasteiger partial charge in [-0.3, -0.25) is 4.79 Å². The molecule has 25 heavy (non-hydrogen) atoms. The second-order valence-electron chi connectivity index (χ2n) is 6.79. The monoisotopic (exact) mass is 339 g/mol. The number of nitriles is 1. The summed E-state index contributed by atoms with van der Waals surface area (Å²) in [5.41, 5.74) is 2.13. The van der Waals surface area contributed by atoms with Gasteiger partial charge in [0, 0.05) is 44.8 Å². The second kappa shape index (κ2) is 5.96. The molecule has 7 heteroatoms.